The SMILES string of the molecule is CCOc1cc(N2CCOCC2)c(OCC)cc1NC(=O)CN1C(=O)[C@@H]2[C@@H](C1=O)[C@H]1C=C[C@H]2C1. The molecule has 0 unspecified atom stereocenters. The Bertz CT molecular complexity index is 988. The van der Waals surface area contributed by atoms with Crippen LogP contribution in [0.1, 0.15) is 20.3 Å². The zero-order valence-corrected chi connectivity index (χ0v) is 19.6. The Morgan fingerprint density at radius 1 is 1.00 bits per heavy atom. The topological polar surface area (TPSA) is 97.4 Å². The zero-order chi connectivity index (χ0) is 23.8. The van der Waals surface area contributed by atoms with Crippen molar-refractivity contribution in [2.75, 3.05) is 56.3 Å². The highest BCUT2D eigenvalue weighted by Gasteiger charge is 2.59. The molecule has 0 spiro atoms. The lowest BCUT2D eigenvalue weighted by atomic mass is 9.85. The van der Waals surface area contributed by atoms with Crippen molar-refractivity contribution in [2.45, 2.75) is 20.3 Å². The van der Waals surface area contributed by atoms with Crippen LogP contribution < -0.4 is 19.7 Å². The number of anilines is 2. The van der Waals surface area contributed by atoms with Crippen molar-refractivity contribution in [2.24, 2.45) is 23.7 Å². The fraction of sp³-hybridized carbons (Fsp3) is 0.560. The number of ether oxygens (including phenoxy) is 3. The Morgan fingerprint density at radius 2 is 1.62 bits per heavy atom. The molecule has 9 nitrogen and oxygen atoms in total. The molecule has 1 aromatic rings. The Labute approximate surface area is 199 Å². The van der Waals surface area contributed by atoms with Crippen LogP contribution in [0.25, 0.3) is 0 Å². The number of rotatable bonds is 8. The number of nitrogens with zero attached hydrogens (tertiary/aromatic N) is 2. The quantitative estimate of drug-likeness (QED) is 0.460. The molecule has 2 aliphatic heterocycles. The van der Waals surface area contributed by atoms with Crippen molar-refractivity contribution >= 4 is 29.1 Å². The van der Waals surface area contributed by atoms with Crippen LogP contribution in [0.15, 0.2) is 24.3 Å². The van der Waals surface area contributed by atoms with Gasteiger partial charge < -0.3 is 24.4 Å². The lowest BCUT2D eigenvalue weighted by molar-refractivity contribution is -0.143. The number of hydrogen-bond donors (Lipinski definition) is 1. The maximum absolute atomic E-state index is 13.0. The first-order chi connectivity index (χ1) is 16.5. The third-order valence-electron chi connectivity index (χ3n) is 7.15. The predicted molar refractivity (Wildman–Crippen MR) is 125 cm³/mol. The normalized spacial score (nSPS) is 27.4. The van der Waals surface area contributed by atoms with Crippen LogP contribution in [0.3, 0.4) is 0 Å². The van der Waals surface area contributed by atoms with Gasteiger partial charge in [0.25, 0.3) is 0 Å². The third kappa shape index (κ3) is 3.91. The van der Waals surface area contributed by atoms with Gasteiger partial charge in [0, 0.05) is 25.2 Å². The Balaban J connectivity index is 1.34. The predicted octanol–water partition coefficient (Wildman–Crippen LogP) is 2.07. The molecule has 2 bridgehead atoms. The number of likely N-dealkylation sites (tertiary alicyclic amines) is 1. The number of carbonyl (C=O) groups excluding carboxylic acids is 3. The van der Waals surface area contributed by atoms with Gasteiger partial charge in [-0.15, -0.1) is 0 Å². The van der Waals surface area contributed by atoms with E-state index in [9.17, 15) is 14.4 Å². The average molecular weight is 470 g/mol. The maximum atomic E-state index is 13.0. The van der Waals surface area contributed by atoms with Crippen LogP contribution in [0, 0.1) is 23.7 Å². The summed E-state index contributed by atoms with van der Waals surface area (Å²) in [6.45, 7) is 7.09. The molecule has 1 aromatic carbocycles. The molecular weight excluding hydrogens is 438 g/mol. The summed E-state index contributed by atoms with van der Waals surface area (Å²) >= 11 is 0. The van der Waals surface area contributed by atoms with E-state index in [1.165, 1.54) is 0 Å². The van der Waals surface area contributed by atoms with E-state index >= 15 is 0 Å². The molecular formula is C25H31N3O6. The molecule has 3 amide bonds. The molecule has 4 aliphatic rings. The van der Waals surface area contributed by atoms with Crippen molar-refractivity contribution in [3.05, 3.63) is 24.3 Å². The highest BCUT2D eigenvalue weighted by molar-refractivity contribution is 6.09. The Hall–Kier alpha value is -3.07. The monoisotopic (exact) mass is 469 g/mol. The fourth-order valence-electron chi connectivity index (χ4n) is 5.70. The first-order valence-electron chi connectivity index (χ1n) is 12.1. The Morgan fingerprint density at radius 3 is 2.24 bits per heavy atom. The summed E-state index contributed by atoms with van der Waals surface area (Å²) in [6.07, 6.45) is 4.95. The molecule has 1 N–H and O–H groups in total. The number of carbonyl (C=O) groups is 3. The summed E-state index contributed by atoms with van der Waals surface area (Å²) in [6, 6.07) is 3.62. The zero-order valence-electron chi connectivity index (χ0n) is 19.6. The number of amides is 3. The summed E-state index contributed by atoms with van der Waals surface area (Å²) in [5.74, 6) is -0.152. The number of allylic oxidation sites excluding steroid dienone is 2. The minimum absolute atomic E-state index is 0.116. The average Bonchev–Trinajstić information content (AvgIpc) is 3.52. The van der Waals surface area contributed by atoms with E-state index in [0.717, 1.165) is 30.1 Å². The van der Waals surface area contributed by atoms with E-state index in [1.807, 2.05) is 32.1 Å². The molecule has 4 atom stereocenters. The molecule has 182 valence electrons. The van der Waals surface area contributed by atoms with Gasteiger partial charge in [-0.2, -0.15) is 0 Å². The van der Waals surface area contributed by atoms with Crippen LogP contribution in [-0.2, 0) is 19.1 Å². The Kier molecular flexibility index (Phi) is 6.20. The number of fused-ring (bicyclic) bond motifs is 5. The number of nitrogens with one attached hydrogen (secondary N) is 1. The van der Waals surface area contributed by atoms with Crippen molar-refractivity contribution in [1.82, 2.24) is 4.90 Å². The second-order valence-electron chi connectivity index (χ2n) is 9.09. The summed E-state index contributed by atoms with van der Waals surface area (Å²) in [7, 11) is 0. The van der Waals surface area contributed by atoms with Gasteiger partial charge in [0.1, 0.15) is 18.0 Å². The van der Waals surface area contributed by atoms with Gasteiger partial charge >= 0.3 is 0 Å². The second kappa shape index (κ2) is 9.29. The summed E-state index contributed by atoms with van der Waals surface area (Å²) < 4.78 is 17.2. The van der Waals surface area contributed by atoms with Gasteiger partial charge in [-0.25, -0.2) is 0 Å². The molecule has 3 fully saturated rings. The molecule has 2 aliphatic carbocycles. The highest BCUT2D eigenvalue weighted by Crippen LogP contribution is 2.52. The molecule has 9 heteroatoms. The fourth-order valence-corrected chi connectivity index (χ4v) is 5.70. The first-order valence-corrected chi connectivity index (χ1v) is 12.1. The minimum Gasteiger partial charge on any atom is -0.492 e. The van der Waals surface area contributed by atoms with Gasteiger partial charge in [-0.05, 0) is 32.1 Å². The third-order valence-corrected chi connectivity index (χ3v) is 7.15. The van der Waals surface area contributed by atoms with Crippen LogP contribution >= 0.6 is 0 Å². The second-order valence-corrected chi connectivity index (χ2v) is 9.09. The van der Waals surface area contributed by atoms with Crippen molar-refractivity contribution in [3.63, 3.8) is 0 Å². The molecule has 2 saturated heterocycles. The first kappa shape index (κ1) is 22.7. The van der Waals surface area contributed by atoms with Gasteiger partial charge in [0.15, 0.2) is 0 Å². The lowest BCUT2D eigenvalue weighted by Crippen LogP contribution is -2.39. The van der Waals surface area contributed by atoms with E-state index in [0.29, 0.717) is 43.6 Å². The van der Waals surface area contributed by atoms with Crippen molar-refractivity contribution in [1.29, 1.82) is 0 Å². The minimum atomic E-state index is -0.440. The van der Waals surface area contributed by atoms with Gasteiger partial charge in [0.05, 0.1) is 49.6 Å². The number of morpholine rings is 1. The van der Waals surface area contributed by atoms with Gasteiger partial charge in [-0.3, -0.25) is 19.3 Å². The molecule has 1 saturated carbocycles. The van der Waals surface area contributed by atoms with Crippen LogP contribution in [0.2, 0.25) is 0 Å². The van der Waals surface area contributed by atoms with Crippen LogP contribution in [0.4, 0.5) is 11.4 Å². The summed E-state index contributed by atoms with van der Waals surface area (Å²) in [5, 5.41) is 2.85. The molecule has 2 heterocycles. The van der Waals surface area contributed by atoms with E-state index in [4.69, 9.17) is 14.2 Å². The van der Waals surface area contributed by atoms with Crippen LogP contribution in [-0.4, -0.2) is 68.7 Å². The molecule has 0 radical (unpaired) electrons. The standard InChI is InChI=1S/C25H31N3O6/c1-3-33-19-13-18(27-7-9-32-10-8-27)20(34-4-2)12-17(19)26-21(29)14-28-24(30)22-15-5-6-16(11-15)23(22)25(28)31/h5-6,12-13,15-16,22-23H,3-4,7-11,14H2,1-2H3,(H,26,29)/t15-,16-,22-,23-/m0/s1. The summed E-state index contributed by atoms with van der Waals surface area (Å²) in [4.78, 5) is 42.1. The van der Waals surface area contributed by atoms with E-state index in [2.05, 4.69) is 10.2 Å². The van der Waals surface area contributed by atoms with E-state index in [-0.39, 0.29) is 42.0 Å². The van der Waals surface area contributed by atoms with Gasteiger partial charge in [0.2, 0.25) is 17.7 Å². The lowest BCUT2D eigenvalue weighted by Gasteiger charge is -2.31. The van der Waals surface area contributed by atoms with Crippen molar-refractivity contribution < 1.29 is 28.6 Å². The summed E-state index contributed by atoms with van der Waals surface area (Å²) in [5.41, 5.74) is 1.33. The number of hydrogen-bond acceptors (Lipinski definition) is 7. The number of benzene rings is 1. The van der Waals surface area contributed by atoms with E-state index < -0.39 is 5.91 Å². The van der Waals surface area contributed by atoms with Gasteiger partial charge in [-0.1, -0.05) is 12.2 Å². The maximum Gasteiger partial charge on any atom is 0.244 e. The molecule has 34 heavy (non-hydrogen) atoms. The van der Waals surface area contributed by atoms with Crippen LogP contribution in [0.5, 0.6) is 11.5 Å². The smallest absolute Gasteiger partial charge is 0.244 e. The molecule has 5 rings (SSSR count). The number of imide groups is 1. The van der Waals surface area contributed by atoms with Crippen molar-refractivity contribution in [3.8, 4) is 11.5 Å². The largest absolute Gasteiger partial charge is 0.492 e. The molecule has 0 aromatic heterocycles. The van der Waals surface area contributed by atoms with E-state index in [1.54, 1.807) is 6.07 Å². The highest BCUT2D eigenvalue weighted by atomic mass is 16.5.